The fraction of sp³-hybridized carbons (Fsp3) is 0.0909. The van der Waals surface area contributed by atoms with Gasteiger partial charge in [-0.15, -0.1) is 0 Å². The van der Waals surface area contributed by atoms with Gasteiger partial charge in [0.15, 0.2) is 4.67 Å². The molecule has 0 unspecified atom stereocenters. The average Bonchev–Trinajstić information content (AvgIpc) is 2.78. The van der Waals surface area contributed by atoms with Crippen LogP contribution in [0.3, 0.4) is 0 Å². The quantitative estimate of drug-likeness (QED) is 0.490. The summed E-state index contributed by atoms with van der Waals surface area (Å²) in [7, 11) is 0. The summed E-state index contributed by atoms with van der Waals surface area (Å²) in [5.74, 6) is 0.332. The minimum Gasteiger partial charge on any atom is -0.433 e. The van der Waals surface area contributed by atoms with E-state index >= 15 is 0 Å². The SMILES string of the molecule is N#Cc1ccc(-c2nc(CN=[N+]=[N-])oc2Br)cc1. The molecule has 2 aromatic rings. The first kappa shape index (κ1) is 12.2. The second-order valence-corrected chi connectivity index (χ2v) is 4.03. The number of nitriles is 1. The van der Waals surface area contributed by atoms with Crippen LogP contribution in [0.15, 0.2) is 38.5 Å². The van der Waals surface area contributed by atoms with E-state index in [0.29, 0.717) is 21.8 Å². The number of hydrogen-bond donors (Lipinski definition) is 0. The first-order chi connectivity index (χ1) is 8.74. The van der Waals surface area contributed by atoms with E-state index in [0.717, 1.165) is 5.56 Å². The molecule has 0 N–H and O–H groups in total. The van der Waals surface area contributed by atoms with Crippen LogP contribution in [0.5, 0.6) is 0 Å². The standard InChI is InChI=1S/C11H6BrN5O/c12-11-10(16-9(18-11)6-15-17-14)8-3-1-7(5-13)2-4-8/h1-4H,6H2. The molecule has 6 nitrogen and oxygen atoms in total. The minimum absolute atomic E-state index is 0.0609. The van der Waals surface area contributed by atoms with Gasteiger partial charge in [0.2, 0.25) is 5.89 Å². The van der Waals surface area contributed by atoms with Gasteiger partial charge in [-0.05, 0) is 33.6 Å². The molecule has 0 aliphatic carbocycles. The van der Waals surface area contributed by atoms with Crippen molar-refractivity contribution >= 4 is 15.9 Å². The number of benzene rings is 1. The summed E-state index contributed by atoms with van der Waals surface area (Å²) in [6.07, 6.45) is 0. The Labute approximate surface area is 111 Å². The van der Waals surface area contributed by atoms with Gasteiger partial charge in [-0.3, -0.25) is 0 Å². The molecule has 2 rings (SSSR count). The Morgan fingerprint density at radius 1 is 1.44 bits per heavy atom. The lowest BCUT2D eigenvalue weighted by atomic mass is 10.1. The van der Waals surface area contributed by atoms with Gasteiger partial charge in [0.1, 0.15) is 12.2 Å². The van der Waals surface area contributed by atoms with Gasteiger partial charge in [0.05, 0.1) is 11.6 Å². The molecule has 7 heteroatoms. The number of aromatic nitrogens is 1. The van der Waals surface area contributed by atoms with Crippen molar-refractivity contribution in [1.29, 1.82) is 5.26 Å². The smallest absolute Gasteiger partial charge is 0.202 e. The highest BCUT2D eigenvalue weighted by molar-refractivity contribution is 9.10. The Bertz CT molecular complexity index is 649. The third kappa shape index (κ3) is 2.51. The number of oxazole rings is 1. The maximum absolute atomic E-state index is 8.71. The number of hydrogen-bond acceptors (Lipinski definition) is 4. The Kier molecular flexibility index (Phi) is 3.63. The van der Waals surface area contributed by atoms with Gasteiger partial charge in [-0.2, -0.15) is 5.26 Å². The zero-order valence-electron chi connectivity index (χ0n) is 9.04. The maximum atomic E-state index is 8.71. The molecule has 18 heavy (non-hydrogen) atoms. The summed E-state index contributed by atoms with van der Waals surface area (Å²) in [6.45, 7) is 0.0609. The van der Waals surface area contributed by atoms with Crippen molar-refractivity contribution in [2.45, 2.75) is 6.54 Å². The molecule has 0 aliphatic heterocycles. The third-order valence-electron chi connectivity index (χ3n) is 2.19. The molecule has 0 amide bonds. The molecule has 0 fully saturated rings. The number of azide groups is 1. The molecule has 88 valence electrons. The Balaban J connectivity index is 2.35. The van der Waals surface area contributed by atoms with Crippen LogP contribution in [0.2, 0.25) is 0 Å². The van der Waals surface area contributed by atoms with Crippen LogP contribution in [0.4, 0.5) is 0 Å². The number of nitrogens with zero attached hydrogens (tertiary/aromatic N) is 5. The molecule has 0 saturated carbocycles. The predicted octanol–water partition coefficient (Wildman–Crippen LogP) is 3.79. The summed E-state index contributed by atoms with van der Waals surface area (Å²) in [5, 5.41) is 12.1. The van der Waals surface area contributed by atoms with Crippen molar-refractivity contribution in [2.75, 3.05) is 0 Å². The summed E-state index contributed by atoms with van der Waals surface area (Å²) in [6, 6.07) is 8.99. The van der Waals surface area contributed by atoms with Gasteiger partial charge in [0.25, 0.3) is 0 Å². The molecule has 0 bridgehead atoms. The van der Waals surface area contributed by atoms with Crippen LogP contribution in [0, 0.1) is 11.3 Å². The molecule has 1 heterocycles. The Morgan fingerprint density at radius 2 is 2.17 bits per heavy atom. The monoisotopic (exact) mass is 303 g/mol. The topological polar surface area (TPSA) is 98.6 Å². The minimum atomic E-state index is 0.0609. The van der Waals surface area contributed by atoms with Gasteiger partial charge in [-0.1, -0.05) is 17.2 Å². The first-order valence-corrected chi connectivity index (χ1v) is 5.70. The van der Waals surface area contributed by atoms with Crippen LogP contribution in [-0.2, 0) is 6.54 Å². The third-order valence-corrected chi connectivity index (χ3v) is 2.72. The second-order valence-electron chi connectivity index (χ2n) is 3.31. The zero-order chi connectivity index (χ0) is 13.0. The lowest BCUT2D eigenvalue weighted by Gasteiger charge is -1.95. The molecule has 0 atom stereocenters. The van der Waals surface area contributed by atoms with Crippen LogP contribution < -0.4 is 0 Å². The van der Waals surface area contributed by atoms with Gasteiger partial charge >= 0.3 is 0 Å². The van der Waals surface area contributed by atoms with Gasteiger partial charge < -0.3 is 4.42 Å². The molecule has 0 radical (unpaired) electrons. The van der Waals surface area contributed by atoms with Crippen molar-refractivity contribution < 1.29 is 4.42 Å². The van der Waals surface area contributed by atoms with Crippen LogP contribution in [-0.4, -0.2) is 4.98 Å². The van der Waals surface area contributed by atoms with Crippen molar-refractivity contribution in [2.24, 2.45) is 5.11 Å². The molecular formula is C11H6BrN5O. The highest BCUT2D eigenvalue weighted by Gasteiger charge is 2.12. The summed E-state index contributed by atoms with van der Waals surface area (Å²) in [4.78, 5) is 6.85. The van der Waals surface area contributed by atoms with Crippen molar-refractivity contribution in [1.82, 2.24) is 4.98 Å². The van der Waals surface area contributed by atoms with E-state index in [1.807, 2.05) is 6.07 Å². The molecule has 0 saturated heterocycles. The molecule has 0 spiro atoms. The van der Waals surface area contributed by atoms with Gasteiger partial charge in [-0.25, -0.2) is 4.98 Å². The normalized spacial score (nSPS) is 9.56. The summed E-state index contributed by atoms with van der Waals surface area (Å²) in [5.41, 5.74) is 10.2. The van der Waals surface area contributed by atoms with E-state index in [1.165, 1.54) is 0 Å². The summed E-state index contributed by atoms with van der Waals surface area (Å²) >= 11 is 3.25. The Hall–Kier alpha value is -2.29. The van der Waals surface area contributed by atoms with Gasteiger partial charge in [0, 0.05) is 10.5 Å². The second kappa shape index (κ2) is 5.36. The largest absolute Gasteiger partial charge is 0.433 e. The zero-order valence-corrected chi connectivity index (χ0v) is 10.6. The van der Waals surface area contributed by atoms with Crippen LogP contribution in [0.1, 0.15) is 11.5 Å². The highest BCUT2D eigenvalue weighted by atomic mass is 79.9. The van der Waals surface area contributed by atoms with E-state index in [-0.39, 0.29) is 6.54 Å². The lowest BCUT2D eigenvalue weighted by Crippen LogP contribution is -1.82. The van der Waals surface area contributed by atoms with E-state index in [9.17, 15) is 0 Å². The average molecular weight is 304 g/mol. The Morgan fingerprint density at radius 3 is 2.78 bits per heavy atom. The number of rotatable bonds is 3. The molecule has 1 aromatic heterocycles. The van der Waals surface area contributed by atoms with Crippen molar-refractivity contribution in [3.8, 4) is 17.3 Å². The maximum Gasteiger partial charge on any atom is 0.202 e. The lowest BCUT2D eigenvalue weighted by molar-refractivity contribution is 0.478. The van der Waals surface area contributed by atoms with Crippen molar-refractivity contribution in [3.63, 3.8) is 0 Å². The molecule has 0 aliphatic rings. The van der Waals surface area contributed by atoms with E-state index < -0.39 is 0 Å². The van der Waals surface area contributed by atoms with Crippen LogP contribution >= 0.6 is 15.9 Å². The first-order valence-electron chi connectivity index (χ1n) is 4.91. The summed E-state index contributed by atoms with van der Waals surface area (Å²) < 4.78 is 5.77. The number of halogens is 1. The fourth-order valence-corrected chi connectivity index (χ4v) is 1.89. The predicted molar refractivity (Wildman–Crippen MR) is 67.2 cm³/mol. The fourth-order valence-electron chi connectivity index (χ4n) is 1.38. The molecule has 1 aromatic carbocycles. The van der Waals surface area contributed by atoms with E-state index in [1.54, 1.807) is 24.3 Å². The van der Waals surface area contributed by atoms with Crippen molar-refractivity contribution in [3.05, 3.63) is 50.8 Å². The molecular weight excluding hydrogens is 298 g/mol. The highest BCUT2D eigenvalue weighted by Crippen LogP contribution is 2.28. The van der Waals surface area contributed by atoms with Crippen LogP contribution in [0.25, 0.3) is 21.7 Å². The van der Waals surface area contributed by atoms with E-state index in [4.69, 9.17) is 15.2 Å². The van der Waals surface area contributed by atoms with E-state index in [2.05, 4.69) is 30.9 Å².